The zero-order valence-corrected chi connectivity index (χ0v) is 18.2. The van der Waals surface area contributed by atoms with Crippen LogP contribution in [0.2, 0.25) is 0 Å². The third-order valence-electron chi connectivity index (χ3n) is 5.95. The zero-order chi connectivity index (χ0) is 20.7. The summed E-state index contributed by atoms with van der Waals surface area (Å²) in [5.74, 6) is 0.488. The molecular weight excluding hydrogens is 352 g/mol. The highest BCUT2D eigenvalue weighted by Gasteiger charge is 2.18. The van der Waals surface area contributed by atoms with Gasteiger partial charge >= 0.3 is 0 Å². The summed E-state index contributed by atoms with van der Waals surface area (Å²) in [6.45, 7) is 11.0. The minimum Gasteiger partial charge on any atom is -0.256 e. The number of nitrogens with zero attached hydrogens (tertiary/aromatic N) is 2. The third-order valence-corrected chi connectivity index (χ3v) is 5.95. The monoisotopic (exact) mass is 381 g/mol. The van der Waals surface area contributed by atoms with Gasteiger partial charge in [0, 0.05) is 34.2 Å². The van der Waals surface area contributed by atoms with Gasteiger partial charge in [-0.15, -0.1) is 0 Å². The van der Waals surface area contributed by atoms with Crippen molar-refractivity contribution < 1.29 is 4.57 Å². The van der Waals surface area contributed by atoms with Crippen LogP contribution in [0.3, 0.4) is 0 Å². The van der Waals surface area contributed by atoms with Gasteiger partial charge < -0.3 is 0 Å². The number of benzene rings is 2. The van der Waals surface area contributed by atoms with Gasteiger partial charge in [-0.2, -0.15) is 0 Å². The van der Waals surface area contributed by atoms with Crippen molar-refractivity contribution in [2.24, 2.45) is 7.05 Å². The van der Waals surface area contributed by atoms with Crippen LogP contribution in [0.15, 0.2) is 60.9 Å². The van der Waals surface area contributed by atoms with Crippen LogP contribution in [0.4, 0.5) is 0 Å². The molecule has 0 bridgehead atoms. The van der Waals surface area contributed by atoms with Crippen LogP contribution in [0.5, 0.6) is 0 Å². The Morgan fingerprint density at radius 3 is 2.38 bits per heavy atom. The molecule has 0 aliphatic rings. The molecule has 0 aliphatic heterocycles. The van der Waals surface area contributed by atoms with Crippen molar-refractivity contribution >= 4 is 10.8 Å². The Bertz CT molecular complexity index is 1200. The van der Waals surface area contributed by atoms with Gasteiger partial charge in [0.1, 0.15) is 7.05 Å². The van der Waals surface area contributed by atoms with E-state index in [9.17, 15) is 0 Å². The number of fused-ring (bicyclic) bond motifs is 1. The molecule has 2 heterocycles. The molecule has 0 atom stereocenters. The summed E-state index contributed by atoms with van der Waals surface area (Å²) in [6, 6.07) is 17.7. The molecule has 4 rings (SSSR count). The summed E-state index contributed by atoms with van der Waals surface area (Å²) in [5.41, 5.74) is 9.97. The first-order valence-electron chi connectivity index (χ1n) is 10.3. The standard InChI is InChI=1S/C27H29N2/c1-17(2)21-10-11-26(28-15-21)23-9-7-8-22-16-29(6)27(14-25(22)23)24-13-18(3)12-19(4)20(24)5/h7-17H,1-6H3/q+1. The molecule has 0 unspecified atom stereocenters. The SMILES string of the molecule is Cc1cc(C)c(C)c(-c2cc3c(-c4ccc(C(C)C)cn4)cccc3c[n+]2C)c1. The van der Waals surface area contributed by atoms with E-state index < -0.39 is 0 Å². The van der Waals surface area contributed by atoms with E-state index in [0.29, 0.717) is 5.92 Å². The van der Waals surface area contributed by atoms with Crippen LogP contribution in [0.25, 0.3) is 33.3 Å². The first-order valence-corrected chi connectivity index (χ1v) is 10.3. The smallest absolute Gasteiger partial charge is 0.213 e. The number of aryl methyl sites for hydroxylation is 3. The van der Waals surface area contributed by atoms with Crippen molar-refractivity contribution in [3.8, 4) is 22.5 Å². The lowest BCUT2D eigenvalue weighted by Crippen LogP contribution is -2.30. The van der Waals surface area contributed by atoms with Crippen molar-refractivity contribution in [1.29, 1.82) is 0 Å². The van der Waals surface area contributed by atoms with Gasteiger partial charge in [0.05, 0.1) is 5.69 Å². The summed E-state index contributed by atoms with van der Waals surface area (Å²) < 4.78 is 2.24. The minimum atomic E-state index is 0.488. The van der Waals surface area contributed by atoms with E-state index in [1.54, 1.807) is 0 Å². The summed E-state index contributed by atoms with van der Waals surface area (Å²) in [6.07, 6.45) is 4.24. The maximum Gasteiger partial charge on any atom is 0.213 e. The van der Waals surface area contributed by atoms with Crippen LogP contribution in [-0.2, 0) is 7.05 Å². The molecule has 0 saturated carbocycles. The van der Waals surface area contributed by atoms with Crippen LogP contribution in [-0.4, -0.2) is 4.98 Å². The Kier molecular flexibility index (Phi) is 4.96. The largest absolute Gasteiger partial charge is 0.256 e. The van der Waals surface area contributed by atoms with E-state index in [0.717, 1.165) is 5.69 Å². The zero-order valence-electron chi connectivity index (χ0n) is 18.2. The van der Waals surface area contributed by atoms with Crippen LogP contribution in [0, 0.1) is 20.8 Å². The number of rotatable bonds is 3. The van der Waals surface area contributed by atoms with E-state index >= 15 is 0 Å². The van der Waals surface area contributed by atoms with Crippen molar-refractivity contribution in [1.82, 2.24) is 4.98 Å². The van der Waals surface area contributed by atoms with Crippen molar-refractivity contribution in [2.75, 3.05) is 0 Å². The second-order valence-electron chi connectivity index (χ2n) is 8.46. The fourth-order valence-electron chi connectivity index (χ4n) is 4.08. The van der Waals surface area contributed by atoms with Gasteiger partial charge in [0.25, 0.3) is 0 Å². The first-order chi connectivity index (χ1) is 13.8. The maximum absolute atomic E-state index is 4.78. The van der Waals surface area contributed by atoms with Gasteiger partial charge in [0.2, 0.25) is 5.69 Å². The topological polar surface area (TPSA) is 16.8 Å². The van der Waals surface area contributed by atoms with Gasteiger partial charge in [-0.3, -0.25) is 4.98 Å². The summed E-state index contributed by atoms with van der Waals surface area (Å²) in [4.78, 5) is 4.78. The number of hydrogen-bond donors (Lipinski definition) is 0. The molecule has 0 spiro atoms. The fraction of sp³-hybridized carbons (Fsp3) is 0.259. The lowest BCUT2D eigenvalue weighted by atomic mass is 9.95. The lowest BCUT2D eigenvalue weighted by molar-refractivity contribution is -0.659. The first kappa shape index (κ1) is 19.3. The molecule has 0 amide bonds. The highest BCUT2D eigenvalue weighted by Crippen LogP contribution is 2.32. The molecular formula is C27H29N2+. The predicted octanol–water partition coefficient (Wildman–Crippen LogP) is 6.44. The third kappa shape index (κ3) is 3.55. The predicted molar refractivity (Wildman–Crippen MR) is 122 cm³/mol. The van der Waals surface area contributed by atoms with Gasteiger partial charge in [-0.1, -0.05) is 43.7 Å². The van der Waals surface area contributed by atoms with Crippen molar-refractivity contribution in [3.05, 3.63) is 83.2 Å². The van der Waals surface area contributed by atoms with Crippen LogP contribution < -0.4 is 4.57 Å². The van der Waals surface area contributed by atoms with Crippen LogP contribution >= 0.6 is 0 Å². The van der Waals surface area contributed by atoms with E-state index in [1.165, 1.54) is 49.8 Å². The lowest BCUT2D eigenvalue weighted by Gasteiger charge is -2.12. The number of pyridine rings is 2. The number of aromatic nitrogens is 2. The summed E-state index contributed by atoms with van der Waals surface area (Å²) in [5, 5.41) is 2.47. The summed E-state index contributed by atoms with van der Waals surface area (Å²) >= 11 is 0. The average Bonchev–Trinajstić information content (AvgIpc) is 2.70. The molecule has 2 aromatic carbocycles. The summed E-state index contributed by atoms with van der Waals surface area (Å²) in [7, 11) is 2.13. The Hall–Kier alpha value is -3.00. The molecule has 0 fully saturated rings. The molecule has 0 saturated heterocycles. The van der Waals surface area contributed by atoms with E-state index in [-0.39, 0.29) is 0 Å². The molecule has 2 nitrogen and oxygen atoms in total. The molecule has 4 aromatic rings. The molecule has 29 heavy (non-hydrogen) atoms. The molecule has 146 valence electrons. The fourth-order valence-corrected chi connectivity index (χ4v) is 4.08. The Morgan fingerprint density at radius 1 is 0.897 bits per heavy atom. The second-order valence-corrected chi connectivity index (χ2v) is 8.46. The van der Waals surface area contributed by atoms with Crippen molar-refractivity contribution in [2.45, 2.75) is 40.5 Å². The second kappa shape index (κ2) is 7.44. The van der Waals surface area contributed by atoms with Gasteiger partial charge in [-0.25, -0.2) is 4.57 Å². The number of hydrogen-bond acceptors (Lipinski definition) is 1. The Labute approximate surface area is 173 Å². The van der Waals surface area contributed by atoms with Crippen LogP contribution in [0.1, 0.15) is 42.0 Å². The highest BCUT2D eigenvalue weighted by atomic mass is 14.9. The Morgan fingerprint density at radius 2 is 1.69 bits per heavy atom. The van der Waals surface area contributed by atoms with E-state index in [1.807, 2.05) is 6.20 Å². The van der Waals surface area contributed by atoms with E-state index in [4.69, 9.17) is 4.98 Å². The molecule has 0 aliphatic carbocycles. The minimum absolute atomic E-state index is 0.488. The molecule has 2 aromatic heterocycles. The maximum atomic E-state index is 4.78. The highest BCUT2D eigenvalue weighted by molar-refractivity contribution is 5.96. The molecule has 2 heteroatoms. The van der Waals surface area contributed by atoms with Gasteiger partial charge in [0.15, 0.2) is 6.20 Å². The molecule has 0 radical (unpaired) electrons. The van der Waals surface area contributed by atoms with Gasteiger partial charge in [-0.05, 0) is 61.6 Å². The Balaban J connectivity index is 1.94. The van der Waals surface area contributed by atoms with Crippen molar-refractivity contribution in [3.63, 3.8) is 0 Å². The van der Waals surface area contributed by atoms with E-state index in [2.05, 4.69) is 101 Å². The average molecular weight is 382 g/mol. The quantitative estimate of drug-likeness (QED) is 0.373. The molecule has 0 N–H and O–H groups in total. The normalized spacial score (nSPS) is 11.4.